The van der Waals surface area contributed by atoms with Gasteiger partial charge in [0.2, 0.25) is 11.9 Å². The number of carbonyl (C=O) groups is 2. The molecule has 1 aliphatic heterocycles. The summed E-state index contributed by atoms with van der Waals surface area (Å²) in [7, 11) is 0. The Morgan fingerprint density at radius 3 is 2.41 bits per heavy atom. The number of amides is 2. The third kappa shape index (κ3) is 4.54. The lowest BCUT2D eigenvalue weighted by molar-refractivity contribution is -0.129. The van der Waals surface area contributed by atoms with Crippen molar-refractivity contribution >= 4 is 35.1 Å². The van der Waals surface area contributed by atoms with Crippen LogP contribution in [0.4, 0.5) is 11.6 Å². The normalized spacial score (nSPS) is 14.2. The molecular formula is C19H22ClN5O2. The second-order valence-corrected chi connectivity index (χ2v) is 7.01. The van der Waals surface area contributed by atoms with E-state index in [1.807, 2.05) is 24.8 Å². The standard InChI is InChI=1S/C19H22ClN5O2/c1-12-4-5-15(11-16(12)20)22-18(27)17-10-13(2)21-19(23-17)25-8-6-24(7-9-25)14(3)26/h4-5,10-11H,6-9H2,1-3H3,(H,22,27). The molecule has 0 unspecified atom stereocenters. The molecule has 142 valence electrons. The Kier molecular flexibility index (Phi) is 5.60. The fourth-order valence-corrected chi connectivity index (χ4v) is 3.08. The van der Waals surface area contributed by atoms with Crippen molar-refractivity contribution in [1.29, 1.82) is 0 Å². The van der Waals surface area contributed by atoms with Crippen molar-refractivity contribution in [2.75, 3.05) is 36.4 Å². The molecule has 2 aromatic rings. The van der Waals surface area contributed by atoms with Crippen LogP contribution in [0.2, 0.25) is 5.02 Å². The van der Waals surface area contributed by atoms with Gasteiger partial charge in [-0.05, 0) is 37.6 Å². The number of aromatic nitrogens is 2. The van der Waals surface area contributed by atoms with E-state index in [1.54, 1.807) is 30.0 Å². The van der Waals surface area contributed by atoms with Crippen LogP contribution in [0.5, 0.6) is 0 Å². The van der Waals surface area contributed by atoms with Gasteiger partial charge in [0.05, 0.1) is 0 Å². The smallest absolute Gasteiger partial charge is 0.274 e. The maximum atomic E-state index is 12.6. The molecule has 1 aromatic carbocycles. The van der Waals surface area contributed by atoms with Crippen LogP contribution < -0.4 is 10.2 Å². The third-order valence-electron chi connectivity index (χ3n) is 4.51. The molecule has 2 amide bonds. The SMILES string of the molecule is CC(=O)N1CCN(c2nc(C)cc(C(=O)Nc3ccc(C)c(Cl)c3)n2)CC1. The lowest BCUT2D eigenvalue weighted by Gasteiger charge is -2.34. The van der Waals surface area contributed by atoms with Gasteiger partial charge in [-0.2, -0.15) is 0 Å². The predicted molar refractivity (Wildman–Crippen MR) is 105 cm³/mol. The minimum atomic E-state index is -0.316. The van der Waals surface area contributed by atoms with E-state index in [1.165, 1.54) is 0 Å². The van der Waals surface area contributed by atoms with E-state index in [0.717, 1.165) is 5.56 Å². The summed E-state index contributed by atoms with van der Waals surface area (Å²) in [6.07, 6.45) is 0. The highest BCUT2D eigenvalue weighted by Gasteiger charge is 2.22. The molecule has 0 bridgehead atoms. The Hall–Kier alpha value is -2.67. The van der Waals surface area contributed by atoms with Gasteiger partial charge in [-0.25, -0.2) is 9.97 Å². The highest BCUT2D eigenvalue weighted by Crippen LogP contribution is 2.21. The minimum Gasteiger partial charge on any atom is -0.339 e. The quantitative estimate of drug-likeness (QED) is 0.875. The molecule has 27 heavy (non-hydrogen) atoms. The van der Waals surface area contributed by atoms with E-state index in [-0.39, 0.29) is 11.8 Å². The van der Waals surface area contributed by atoms with Gasteiger partial charge in [-0.15, -0.1) is 0 Å². The monoisotopic (exact) mass is 387 g/mol. The molecular weight excluding hydrogens is 366 g/mol. The maximum absolute atomic E-state index is 12.6. The number of rotatable bonds is 3. The van der Waals surface area contributed by atoms with Gasteiger partial charge in [-0.1, -0.05) is 17.7 Å². The molecule has 1 fully saturated rings. The summed E-state index contributed by atoms with van der Waals surface area (Å²) in [6, 6.07) is 7.02. The summed E-state index contributed by atoms with van der Waals surface area (Å²) < 4.78 is 0. The average molecular weight is 388 g/mol. The zero-order chi connectivity index (χ0) is 19.6. The Balaban J connectivity index is 1.75. The molecule has 0 aliphatic carbocycles. The summed E-state index contributed by atoms with van der Waals surface area (Å²) in [5.74, 6) is 0.256. The molecule has 0 saturated carbocycles. The second kappa shape index (κ2) is 7.92. The van der Waals surface area contributed by atoms with E-state index in [9.17, 15) is 9.59 Å². The van der Waals surface area contributed by atoms with Crippen molar-refractivity contribution in [2.45, 2.75) is 20.8 Å². The molecule has 1 aromatic heterocycles. The first-order chi connectivity index (χ1) is 12.8. The molecule has 1 N–H and O–H groups in total. The lowest BCUT2D eigenvalue weighted by Crippen LogP contribution is -2.48. The summed E-state index contributed by atoms with van der Waals surface area (Å²) in [5.41, 5.74) is 2.56. The first kappa shape index (κ1) is 19.1. The Morgan fingerprint density at radius 1 is 1.07 bits per heavy atom. The Bertz CT molecular complexity index is 878. The van der Waals surface area contributed by atoms with E-state index in [0.29, 0.717) is 54.2 Å². The number of anilines is 2. The third-order valence-corrected chi connectivity index (χ3v) is 4.92. The second-order valence-electron chi connectivity index (χ2n) is 6.61. The van der Waals surface area contributed by atoms with Crippen LogP contribution in [0.1, 0.15) is 28.7 Å². The van der Waals surface area contributed by atoms with Crippen LogP contribution in [0, 0.1) is 13.8 Å². The van der Waals surface area contributed by atoms with Crippen LogP contribution in [-0.4, -0.2) is 52.9 Å². The molecule has 3 rings (SSSR count). The zero-order valence-electron chi connectivity index (χ0n) is 15.6. The van der Waals surface area contributed by atoms with Crippen molar-refractivity contribution in [3.8, 4) is 0 Å². The number of benzene rings is 1. The van der Waals surface area contributed by atoms with Gasteiger partial charge in [0.25, 0.3) is 5.91 Å². The zero-order valence-corrected chi connectivity index (χ0v) is 16.4. The van der Waals surface area contributed by atoms with Crippen molar-refractivity contribution in [3.05, 3.63) is 46.2 Å². The van der Waals surface area contributed by atoms with Gasteiger partial charge >= 0.3 is 0 Å². The van der Waals surface area contributed by atoms with Crippen molar-refractivity contribution in [1.82, 2.24) is 14.9 Å². The largest absolute Gasteiger partial charge is 0.339 e. The first-order valence-electron chi connectivity index (χ1n) is 8.77. The van der Waals surface area contributed by atoms with Gasteiger partial charge in [-0.3, -0.25) is 9.59 Å². The van der Waals surface area contributed by atoms with Crippen LogP contribution >= 0.6 is 11.6 Å². The van der Waals surface area contributed by atoms with Crippen LogP contribution in [0.3, 0.4) is 0 Å². The fourth-order valence-electron chi connectivity index (χ4n) is 2.90. The lowest BCUT2D eigenvalue weighted by atomic mass is 10.2. The van der Waals surface area contributed by atoms with Crippen LogP contribution in [0.15, 0.2) is 24.3 Å². The topological polar surface area (TPSA) is 78.4 Å². The fraction of sp³-hybridized carbons (Fsp3) is 0.368. The van der Waals surface area contributed by atoms with Crippen LogP contribution in [0.25, 0.3) is 0 Å². The number of halogens is 1. The summed E-state index contributed by atoms with van der Waals surface area (Å²) in [6.45, 7) is 7.82. The summed E-state index contributed by atoms with van der Waals surface area (Å²) in [4.78, 5) is 36.8. The summed E-state index contributed by atoms with van der Waals surface area (Å²) >= 11 is 6.12. The van der Waals surface area contributed by atoms with E-state index in [2.05, 4.69) is 15.3 Å². The molecule has 0 radical (unpaired) electrons. The number of nitrogens with one attached hydrogen (secondary N) is 1. The number of hydrogen-bond acceptors (Lipinski definition) is 5. The van der Waals surface area contributed by atoms with E-state index >= 15 is 0 Å². The first-order valence-corrected chi connectivity index (χ1v) is 9.15. The predicted octanol–water partition coefficient (Wildman–Crippen LogP) is 2.67. The molecule has 0 spiro atoms. The highest BCUT2D eigenvalue weighted by atomic mass is 35.5. The molecule has 1 saturated heterocycles. The maximum Gasteiger partial charge on any atom is 0.274 e. The van der Waals surface area contributed by atoms with Gasteiger partial charge in [0.15, 0.2) is 0 Å². The Morgan fingerprint density at radius 2 is 1.78 bits per heavy atom. The minimum absolute atomic E-state index is 0.0663. The van der Waals surface area contributed by atoms with Gasteiger partial charge < -0.3 is 15.1 Å². The Labute approximate surface area is 163 Å². The molecule has 1 aliphatic rings. The average Bonchev–Trinajstić information content (AvgIpc) is 2.64. The number of aryl methyl sites for hydroxylation is 2. The van der Waals surface area contributed by atoms with E-state index in [4.69, 9.17) is 11.6 Å². The van der Waals surface area contributed by atoms with Crippen molar-refractivity contribution < 1.29 is 9.59 Å². The molecule has 7 nitrogen and oxygen atoms in total. The molecule has 2 heterocycles. The number of hydrogen-bond donors (Lipinski definition) is 1. The van der Waals surface area contributed by atoms with Gasteiger partial charge in [0, 0.05) is 49.5 Å². The van der Waals surface area contributed by atoms with E-state index < -0.39 is 0 Å². The summed E-state index contributed by atoms with van der Waals surface area (Å²) in [5, 5.41) is 3.41. The van der Waals surface area contributed by atoms with Gasteiger partial charge in [0.1, 0.15) is 5.69 Å². The molecule has 0 atom stereocenters. The van der Waals surface area contributed by atoms with Crippen molar-refractivity contribution in [2.24, 2.45) is 0 Å². The van der Waals surface area contributed by atoms with Crippen molar-refractivity contribution in [3.63, 3.8) is 0 Å². The molecule has 8 heteroatoms. The number of nitrogens with zero attached hydrogens (tertiary/aromatic N) is 4. The number of piperazine rings is 1. The van der Waals surface area contributed by atoms with Crippen LogP contribution in [-0.2, 0) is 4.79 Å². The number of carbonyl (C=O) groups excluding carboxylic acids is 2. The highest BCUT2D eigenvalue weighted by molar-refractivity contribution is 6.31.